The molecule has 0 radical (unpaired) electrons. The Balaban J connectivity index is 1.74. The van der Waals surface area contributed by atoms with E-state index in [1.165, 1.54) is 16.7 Å². The minimum absolute atomic E-state index is 0.0915. The molecule has 150 valence electrons. The normalized spacial score (nSPS) is 21.2. The molecule has 4 rings (SSSR count). The zero-order valence-electron chi connectivity index (χ0n) is 16.5. The zero-order valence-corrected chi connectivity index (χ0v) is 18.2. The quantitative estimate of drug-likeness (QED) is 0.628. The second-order valence-corrected chi connectivity index (χ2v) is 9.37. The summed E-state index contributed by atoms with van der Waals surface area (Å²) in [6.45, 7) is 1.98. The standard InChI is InChI=1S/C23H20N4OS2/c1-23(19-12-17(14-29-19)16-8-6-7-15(11-16)13-24)20(21(28)27(2)22(25)26-23)30-18-9-4-3-5-10-18/h3-12,14,20H,1-2H3,(H2,25,26)/t20-,23-/m1/s1. The van der Waals surface area contributed by atoms with Crippen molar-refractivity contribution in [2.45, 2.75) is 22.6 Å². The number of hydrogen-bond donors (Lipinski definition) is 2. The largest absolute Gasteiger partial charge is 0.344 e. The van der Waals surface area contributed by atoms with Gasteiger partial charge in [0.15, 0.2) is 5.96 Å². The first kappa shape index (κ1) is 20.2. The van der Waals surface area contributed by atoms with Crippen molar-refractivity contribution in [3.8, 4) is 17.2 Å². The highest BCUT2D eigenvalue weighted by molar-refractivity contribution is 8.00. The fraction of sp³-hybridized carbons (Fsp3) is 0.174. The number of rotatable bonds is 4. The third-order valence-corrected chi connectivity index (χ3v) is 7.85. The van der Waals surface area contributed by atoms with Crippen molar-refractivity contribution in [2.24, 2.45) is 0 Å². The van der Waals surface area contributed by atoms with Gasteiger partial charge in [-0.05, 0) is 53.8 Å². The number of carbonyl (C=O) groups is 1. The Morgan fingerprint density at radius 2 is 1.93 bits per heavy atom. The molecule has 0 spiro atoms. The average Bonchev–Trinajstić information content (AvgIpc) is 3.27. The highest BCUT2D eigenvalue weighted by Crippen LogP contribution is 2.43. The van der Waals surface area contributed by atoms with E-state index in [-0.39, 0.29) is 11.9 Å². The fourth-order valence-electron chi connectivity index (χ4n) is 3.45. The van der Waals surface area contributed by atoms with Crippen molar-refractivity contribution in [1.82, 2.24) is 10.2 Å². The predicted molar refractivity (Wildman–Crippen MR) is 122 cm³/mol. The number of thiophene rings is 1. The van der Waals surface area contributed by atoms with Crippen molar-refractivity contribution in [3.05, 3.63) is 76.5 Å². The molecule has 0 bridgehead atoms. The molecular weight excluding hydrogens is 412 g/mol. The van der Waals surface area contributed by atoms with Gasteiger partial charge in [0, 0.05) is 16.8 Å². The molecule has 2 heterocycles. The maximum absolute atomic E-state index is 13.2. The summed E-state index contributed by atoms with van der Waals surface area (Å²) in [4.78, 5) is 16.5. The van der Waals surface area contributed by atoms with Crippen LogP contribution in [0.15, 0.2) is 70.9 Å². The van der Waals surface area contributed by atoms with E-state index < -0.39 is 10.8 Å². The molecular formula is C23H20N4OS2. The SMILES string of the molecule is CN1C(=N)N[C@](C)(c2cc(-c3cccc(C#N)c3)cs2)[C@H](Sc2ccccc2)C1=O. The maximum Gasteiger partial charge on any atom is 0.245 e. The topological polar surface area (TPSA) is 80.0 Å². The summed E-state index contributed by atoms with van der Waals surface area (Å²) in [7, 11) is 1.63. The number of nitriles is 1. The van der Waals surface area contributed by atoms with Gasteiger partial charge in [-0.15, -0.1) is 23.1 Å². The van der Waals surface area contributed by atoms with E-state index in [9.17, 15) is 10.1 Å². The van der Waals surface area contributed by atoms with Gasteiger partial charge in [-0.2, -0.15) is 5.26 Å². The predicted octanol–water partition coefficient (Wildman–Crippen LogP) is 4.66. The number of nitrogens with zero attached hydrogens (tertiary/aromatic N) is 2. The lowest BCUT2D eigenvalue weighted by atomic mass is 9.91. The van der Waals surface area contributed by atoms with E-state index in [0.717, 1.165) is 20.9 Å². The zero-order chi connectivity index (χ0) is 21.3. The van der Waals surface area contributed by atoms with Gasteiger partial charge in [-0.1, -0.05) is 30.3 Å². The number of guanidine groups is 1. The number of benzene rings is 2. The molecule has 3 aromatic rings. The van der Waals surface area contributed by atoms with Crippen LogP contribution in [0.25, 0.3) is 11.1 Å². The average molecular weight is 433 g/mol. The van der Waals surface area contributed by atoms with Gasteiger partial charge < -0.3 is 5.32 Å². The summed E-state index contributed by atoms with van der Waals surface area (Å²) in [5.41, 5.74) is 1.83. The maximum atomic E-state index is 13.2. The molecule has 5 nitrogen and oxygen atoms in total. The summed E-state index contributed by atoms with van der Waals surface area (Å²) in [6, 6.07) is 21.6. The number of nitrogens with one attached hydrogen (secondary N) is 2. The molecule has 1 aliphatic rings. The minimum atomic E-state index is -0.739. The second kappa shape index (κ2) is 7.98. The van der Waals surface area contributed by atoms with Crippen LogP contribution in [-0.4, -0.2) is 29.1 Å². The Morgan fingerprint density at radius 1 is 1.17 bits per heavy atom. The molecule has 1 amide bonds. The lowest BCUT2D eigenvalue weighted by Gasteiger charge is -2.44. The van der Waals surface area contributed by atoms with Crippen LogP contribution in [0.1, 0.15) is 17.4 Å². The van der Waals surface area contributed by atoms with Crippen LogP contribution < -0.4 is 5.32 Å². The molecule has 1 aliphatic heterocycles. The van der Waals surface area contributed by atoms with Crippen LogP contribution in [0.3, 0.4) is 0 Å². The van der Waals surface area contributed by atoms with Gasteiger partial charge in [-0.3, -0.25) is 15.1 Å². The molecule has 0 saturated carbocycles. The molecule has 2 N–H and O–H groups in total. The van der Waals surface area contributed by atoms with Crippen LogP contribution >= 0.6 is 23.1 Å². The van der Waals surface area contributed by atoms with Crippen LogP contribution in [-0.2, 0) is 10.3 Å². The molecule has 2 atom stereocenters. The Morgan fingerprint density at radius 3 is 2.67 bits per heavy atom. The van der Waals surface area contributed by atoms with E-state index in [1.54, 1.807) is 24.5 Å². The summed E-state index contributed by atoms with van der Waals surface area (Å²) in [5, 5.41) is 22.3. The van der Waals surface area contributed by atoms with Gasteiger partial charge in [-0.25, -0.2) is 0 Å². The third kappa shape index (κ3) is 3.60. The summed E-state index contributed by atoms with van der Waals surface area (Å²) >= 11 is 3.06. The highest BCUT2D eigenvalue weighted by atomic mass is 32.2. The van der Waals surface area contributed by atoms with Gasteiger partial charge >= 0.3 is 0 Å². The Bertz CT molecular complexity index is 1150. The summed E-state index contributed by atoms with van der Waals surface area (Å²) in [5.74, 6) is -0.00892. The molecule has 0 aliphatic carbocycles. The van der Waals surface area contributed by atoms with Crippen molar-refractivity contribution < 1.29 is 4.79 Å². The molecule has 2 aromatic carbocycles. The first-order chi connectivity index (χ1) is 14.4. The summed E-state index contributed by atoms with van der Waals surface area (Å²) < 4.78 is 0. The van der Waals surface area contributed by atoms with Crippen molar-refractivity contribution in [3.63, 3.8) is 0 Å². The van der Waals surface area contributed by atoms with Gasteiger partial charge in [0.2, 0.25) is 5.91 Å². The van der Waals surface area contributed by atoms with Crippen LogP contribution in [0, 0.1) is 16.7 Å². The van der Waals surface area contributed by atoms with Crippen LogP contribution in [0.5, 0.6) is 0 Å². The Labute approximate surface area is 183 Å². The molecule has 30 heavy (non-hydrogen) atoms. The van der Waals surface area contributed by atoms with Crippen molar-refractivity contribution in [1.29, 1.82) is 10.7 Å². The van der Waals surface area contributed by atoms with E-state index in [2.05, 4.69) is 17.5 Å². The molecule has 0 unspecified atom stereocenters. The van der Waals surface area contributed by atoms with Crippen molar-refractivity contribution in [2.75, 3.05) is 7.05 Å². The minimum Gasteiger partial charge on any atom is -0.344 e. The van der Waals surface area contributed by atoms with E-state index in [4.69, 9.17) is 5.41 Å². The number of amides is 1. The number of hydrogen-bond acceptors (Lipinski definition) is 5. The molecule has 1 fully saturated rings. The first-order valence-corrected chi connectivity index (χ1v) is 11.1. The van der Waals surface area contributed by atoms with Gasteiger partial charge in [0.25, 0.3) is 0 Å². The third-order valence-electron chi connectivity index (χ3n) is 5.23. The van der Waals surface area contributed by atoms with Gasteiger partial charge in [0.1, 0.15) is 5.25 Å². The second-order valence-electron chi connectivity index (χ2n) is 7.28. The highest BCUT2D eigenvalue weighted by Gasteiger charge is 2.49. The Kier molecular flexibility index (Phi) is 5.37. The van der Waals surface area contributed by atoms with Crippen LogP contribution in [0.4, 0.5) is 0 Å². The fourth-order valence-corrected chi connectivity index (χ4v) is 5.86. The molecule has 1 aromatic heterocycles. The lowest BCUT2D eigenvalue weighted by molar-refractivity contribution is -0.128. The lowest BCUT2D eigenvalue weighted by Crippen LogP contribution is -2.65. The molecule has 1 saturated heterocycles. The first-order valence-electron chi connectivity index (χ1n) is 9.38. The monoisotopic (exact) mass is 432 g/mol. The number of carbonyl (C=O) groups excluding carboxylic acids is 1. The van der Waals surface area contributed by atoms with E-state index in [1.807, 2.05) is 60.8 Å². The van der Waals surface area contributed by atoms with E-state index in [0.29, 0.717) is 5.56 Å². The van der Waals surface area contributed by atoms with Crippen molar-refractivity contribution >= 4 is 35.0 Å². The van der Waals surface area contributed by atoms with Gasteiger partial charge in [0.05, 0.1) is 17.2 Å². The summed E-state index contributed by atoms with van der Waals surface area (Å²) in [6.07, 6.45) is 0. The smallest absolute Gasteiger partial charge is 0.245 e. The van der Waals surface area contributed by atoms with Crippen LogP contribution in [0.2, 0.25) is 0 Å². The van der Waals surface area contributed by atoms with E-state index >= 15 is 0 Å². The molecule has 7 heteroatoms. The number of thioether (sulfide) groups is 1. The Hall–Kier alpha value is -3.08.